The molecule has 0 unspecified atom stereocenters. The minimum absolute atomic E-state index is 0.0708. The summed E-state index contributed by atoms with van der Waals surface area (Å²) in [6.07, 6.45) is 2.76. The molecule has 0 aliphatic rings. The van der Waals surface area contributed by atoms with Gasteiger partial charge in [-0.1, -0.05) is 48.5 Å². The van der Waals surface area contributed by atoms with Gasteiger partial charge in [-0.3, -0.25) is 15.4 Å². The molecule has 22 heavy (non-hydrogen) atoms. The van der Waals surface area contributed by atoms with Gasteiger partial charge in [0.15, 0.2) is 0 Å². The maximum Gasteiger partial charge on any atom is 0.412 e. The van der Waals surface area contributed by atoms with Gasteiger partial charge < -0.3 is 4.74 Å². The van der Waals surface area contributed by atoms with Gasteiger partial charge in [-0.05, 0) is 17.7 Å². The van der Waals surface area contributed by atoms with Gasteiger partial charge in [0.2, 0.25) is 0 Å². The molecule has 1 amide bonds. The van der Waals surface area contributed by atoms with E-state index in [1.165, 1.54) is 18.2 Å². The molecule has 0 aliphatic heterocycles. The molecular formula is C16H14N2O4. The third-order valence-corrected chi connectivity index (χ3v) is 2.76. The number of hydrogen-bond donors (Lipinski definition) is 1. The number of carbonyl (C=O) groups is 1. The first kappa shape index (κ1) is 15.2. The molecule has 0 radical (unpaired) electrons. The molecule has 0 fully saturated rings. The third kappa shape index (κ3) is 4.45. The SMILES string of the molecule is O=C(Nc1ccccc1[N+](=O)[O-])OC/C=C/c1ccccc1. The predicted octanol–water partition coefficient (Wildman–Crippen LogP) is 3.86. The molecule has 2 rings (SSSR count). The van der Waals surface area contributed by atoms with Crippen LogP contribution in [0.4, 0.5) is 16.2 Å². The summed E-state index contributed by atoms with van der Waals surface area (Å²) in [5.74, 6) is 0. The van der Waals surface area contributed by atoms with E-state index in [9.17, 15) is 14.9 Å². The number of anilines is 1. The van der Waals surface area contributed by atoms with Crippen LogP contribution >= 0.6 is 0 Å². The number of benzene rings is 2. The molecule has 0 aromatic heterocycles. The highest BCUT2D eigenvalue weighted by molar-refractivity contribution is 5.87. The molecule has 6 heteroatoms. The topological polar surface area (TPSA) is 81.5 Å². The van der Waals surface area contributed by atoms with Crippen LogP contribution < -0.4 is 5.32 Å². The van der Waals surface area contributed by atoms with Crippen LogP contribution in [0.3, 0.4) is 0 Å². The van der Waals surface area contributed by atoms with E-state index in [-0.39, 0.29) is 18.0 Å². The Hall–Kier alpha value is -3.15. The Kier molecular flexibility index (Phi) is 5.25. The van der Waals surface area contributed by atoms with Gasteiger partial charge in [-0.25, -0.2) is 4.79 Å². The van der Waals surface area contributed by atoms with E-state index in [0.717, 1.165) is 5.56 Å². The molecular weight excluding hydrogens is 284 g/mol. The monoisotopic (exact) mass is 298 g/mol. The number of nitro benzene ring substituents is 1. The smallest absolute Gasteiger partial charge is 0.412 e. The molecule has 0 heterocycles. The van der Waals surface area contributed by atoms with Gasteiger partial charge in [0.05, 0.1) is 4.92 Å². The zero-order chi connectivity index (χ0) is 15.8. The highest BCUT2D eigenvalue weighted by atomic mass is 16.6. The number of rotatable bonds is 5. The Morgan fingerprint density at radius 3 is 2.55 bits per heavy atom. The van der Waals surface area contributed by atoms with Crippen LogP contribution in [0, 0.1) is 10.1 Å². The first-order valence-corrected chi connectivity index (χ1v) is 6.55. The second-order valence-corrected chi connectivity index (χ2v) is 4.31. The van der Waals surface area contributed by atoms with Crippen molar-refractivity contribution in [2.45, 2.75) is 0 Å². The first-order valence-electron chi connectivity index (χ1n) is 6.55. The Labute approximate surface area is 127 Å². The third-order valence-electron chi connectivity index (χ3n) is 2.76. The van der Waals surface area contributed by atoms with Gasteiger partial charge >= 0.3 is 6.09 Å². The van der Waals surface area contributed by atoms with Crippen molar-refractivity contribution in [2.75, 3.05) is 11.9 Å². The predicted molar refractivity (Wildman–Crippen MR) is 83.5 cm³/mol. The minimum atomic E-state index is -0.744. The van der Waals surface area contributed by atoms with Crippen molar-refractivity contribution in [2.24, 2.45) is 0 Å². The summed E-state index contributed by atoms with van der Waals surface area (Å²) in [6.45, 7) is 0.0708. The van der Waals surface area contributed by atoms with Gasteiger partial charge in [0, 0.05) is 6.07 Å². The molecule has 2 aromatic carbocycles. The van der Waals surface area contributed by atoms with E-state index in [2.05, 4.69) is 5.32 Å². The fourth-order valence-corrected chi connectivity index (χ4v) is 1.76. The summed E-state index contributed by atoms with van der Waals surface area (Å²) in [7, 11) is 0. The number of nitrogens with zero attached hydrogens (tertiary/aromatic N) is 1. The van der Waals surface area contributed by atoms with Crippen LogP contribution in [0.15, 0.2) is 60.7 Å². The van der Waals surface area contributed by atoms with E-state index in [1.807, 2.05) is 36.4 Å². The van der Waals surface area contributed by atoms with Crippen LogP contribution in [-0.4, -0.2) is 17.6 Å². The quantitative estimate of drug-likeness (QED) is 0.671. The summed E-state index contributed by atoms with van der Waals surface area (Å²) in [5, 5.41) is 13.2. The second kappa shape index (κ2) is 7.58. The molecule has 0 spiro atoms. The fourth-order valence-electron chi connectivity index (χ4n) is 1.76. The average molecular weight is 298 g/mol. The molecule has 6 nitrogen and oxygen atoms in total. The highest BCUT2D eigenvalue weighted by Crippen LogP contribution is 2.23. The van der Waals surface area contributed by atoms with E-state index in [0.29, 0.717) is 0 Å². The minimum Gasteiger partial charge on any atom is -0.445 e. The Morgan fingerprint density at radius 1 is 1.14 bits per heavy atom. The number of nitrogens with one attached hydrogen (secondary N) is 1. The normalized spacial score (nSPS) is 10.4. The molecule has 0 bridgehead atoms. The first-order chi connectivity index (χ1) is 10.7. The van der Waals surface area contributed by atoms with Crippen molar-refractivity contribution in [1.29, 1.82) is 0 Å². The summed E-state index contributed by atoms with van der Waals surface area (Å²) >= 11 is 0. The molecule has 0 aliphatic carbocycles. The highest BCUT2D eigenvalue weighted by Gasteiger charge is 2.14. The fraction of sp³-hybridized carbons (Fsp3) is 0.0625. The van der Waals surface area contributed by atoms with Crippen LogP contribution in [0.1, 0.15) is 5.56 Å². The maximum absolute atomic E-state index is 11.6. The number of hydrogen-bond acceptors (Lipinski definition) is 4. The number of amides is 1. The Balaban J connectivity index is 1.86. The maximum atomic E-state index is 11.6. The van der Waals surface area contributed by atoms with Crippen LogP contribution in [0.2, 0.25) is 0 Å². The van der Waals surface area contributed by atoms with E-state index < -0.39 is 11.0 Å². The lowest BCUT2D eigenvalue weighted by Gasteiger charge is -2.05. The number of carbonyl (C=O) groups excluding carboxylic acids is 1. The lowest BCUT2D eigenvalue weighted by molar-refractivity contribution is -0.383. The van der Waals surface area contributed by atoms with Crippen LogP contribution in [-0.2, 0) is 4.74 Å². The van der Waals surface area contributed by atoms with Gasteiger partial charge in [0.1, 0.15) is 12.3 Å². The van der Waals surface area contributed by atoms with Crippen LogP contribution in [0.25, 0.3) is 6.08 Å². The van der Waals surface area contributed by atoms with Gasteiger partial charge in [-0.2, -0.15) is 0 Å². The zero-order valence-corrected chi connectivity index (χ0v) is 11.6. The molecule has 0 saturated heterocycles. The van der Waals surface area contributed by atoms with Gasteiger partial charge in [0.25, 0.3) is 5.69 Å². The largest absolute Gasteiger partial charge is 0.445 e. The van der Waals surface area contributed by atoms with Crippen molar-refractivity contribution < 1.29 is 14.5 Å². The van der Waals surface area contributed by atoms with Crippen LogP contribution in [0.5, 0.6) is 0 Å². The summed E-state index contributed by atoms with van der Waals surface area (Å²) in [6, 6.07) is 15.4. The number of nitro groups is 1. The summed E-state index contributed by atoms with van der Waals surface area (Å²) < 4.78 is 4.94. The van der Waals surface area contributed by atoms with E-state index in [4.69, 9.17) is 4.74 Å². The van der Waals surface area contributed by atoms with Crippen molar-refractivity contribution in [1.82, 2.24) is 0 Å². The summed E-state index contributed by atoms with van der Waals surface area (Å²) in [4.78, 5) is 21.9. The molecule has 1 N–H and O–H groups in total. The van der Waals surface area contributed by atoms with Crippen molar-refractivity contribution in [3.8, 4) is 0 Å². The second-order valence-electron chi connectivity index (χ2n) is 4.31. The van der Waals surface area contributed by atoms with Crippen molar-refractivity contribution in [3.05, 3.63) is 76.4 Å². The van der Waals surface area contributed by atoms with Gasteiger partial charge in [-0.15, -0.1) is 0 Å². The molecule has 112 valence electrons. The van der Waals surface area contributed by atoms with Crippen molar-refractivity contribution >= 4 is 23.5 Å². The molecule has 2 aromatic rings. The molecule has 0 atom stereocenters. The number of para-hydroxylation sites is 2. The molecule has 0 saturated carbocycles. The zero-order valence-electron chi connectivity index (χ0n) is 11.6. The lowest BCUT2D eigenvalue weighted by atomic mass is 10.2. The van der Waals surface area contributed by atoms with E-state index in [1.54, 1.807) is 12.1 Å². The van der Waals surface area contributed by atoms with Crippen molar-refractivity contribution in [3.63, 3.8) is 0 Å². The standard InChI is InChI=1S/C16H14N2O4/c19-16(17-14-10-4-5-11-15(14)18(20)21)22-12-6-9-13-7-2-1-3-8-13/h1-11H,12H2,(H,17,19)/b9-6+. The lowest BCUT2D eigenvalue weighted by Crippen LogP contribution is -2.14. The average Bonchev–Trinajstić information content (AvgIpc) is 2.53. The Bertz CT molecular complexity index is 684. The van der Waals surface area contributed by atoms with E-state index >= 15 is 0 Å². The Morgan fingerprint density at radius 2 is 1.82 bits per heavy atom. The summed E-state index contributed by atoms with van der Waals surface area (Å²) in [5.41, 5.74) is 0.911. The number of ether oxygens (including phenoxy) is 1.